The monoisotopic (exact) mass is 320 g/mol. The summed E-state index contributed by atoms with van der Waals surface area (Å²) in [7, 11) is 0. The quantitative estimate of drug-likeness (QED) is 0.747. The fourth-order valence-corrected chi connectivity index (χ4v) is 4.46. The Labute approximate surface area is 138 Å². The smallest absolute Gasteiger partial charge is 0.225 e. The highest BCUT2D eigenvalue weighted by atomic mass is 16.5. The van der Waals surface area contributed by atoms with Crippen LogP contribution in [0.1, 0.15) is 44.9 Å². The molecule has 3 rings (SSSR count). The Kier molecular flexibility index (Phi) is 5.05. The number of amides is 2. The minimum Gasteiger partial charge on any atom is -0.381 e. The van der Waals surface area contributed by atoms with Crippen LogP contribution < -0.4 is 0 Å². The van der Waals surface area contributed by atoms with E-state index in [2.05, 4.69) is 6.58 Å². The van der Waals surface area contributed by atoms with Gasteiger partial charge in [-0.15, -0.1) is 6.58 Å². The van der Waals surface area contributed by atoms with Gasteiger partial charge in [-0.05, 0) is 38.5 Å². The van der Waals surface area contributed by atoms with E-state index in [9.17, 15) is 9.59 Å². The number of hydrogen-bond acceptors (Lipinski definition) is 3. The van der Waals surface area contributed by atoms with Crippen molar-refractivity contribution in [2.75, 3.05) is 32.8 Å². The van der Waals surface area contributed by atoms with E-state index < -0.39 is 0 Å². The SMILES string of the molecule is C=CCN1C(=O)CCC[C@@]12CCCN(C(=O)C1CCOCC1)C2. The van der Waals surface area contributed by atoms with Gasteiger partial charge in [0.25, 0.3) is 0 Å². The molecule has 3 saturated heterocycles. The van der Waals surface area contributed by atoms with Crippen LogP contribution >= 0.6 is 0 Å². The molecule has 0 aliphatic carbocycles. The predicted octanol–water partition coefficient (Wildman–Crippen LogP) is 1.97. The van der Waals surface area contributed by atoms with Gasteiger partial charge >= 0.3 is 0 Å². The number of hydrogen-bond donors (Lipinski definition) is 0. The molecule has 1 atom stereocenters. The van der Waals surface area contributed by atoms with E-state index >= 15 is 0 Å². The summed E-state index contributed by atoms with van der Waals surface area (Å²) >= 11 is 0. The number of rotatable bonds is 3. The minimum absolute atomic E-state index is 0.103. The summed E-state index contributed by atoms with van der Waals surface area (Å²) in [5.41, 5.74) is -0.164. The molecule has 3 aliphatic rings. The molecule has 3 heterocycles. The normalized spacial score (nSPS) is 29.8. The summed E-state index contributed by atoms with van der Waals surface area (Å²) in [6.07, 6.45) is 8.03. The number of likely N-dealkylation sites (tertiary alicyclic amines) is 2. The Hall–Kier alpha value is -1.36. The highest BCUT2D eigenvalue weighted by Gasteiger charge is 2.46. The van der Waals surface area contributed by atoms with Crippen LogP contribution in [0.3, 0.4) is 0 Å². The third-order valence-corrected chi connectivity index (χ3v) is 5.66. The molecule has 0 radical (unpaired) electrons. The zero-order valence-corrected chi connectivity index (χ0v) is 14.0. The number of ether oxygens (including phenoxy) is 1. The van der Waals surface area contributed by atoms with E-state index in [4.69, 9.17) is 4.74 Å². The van der Waals surface area contributed by atoms with Crippen molar-refractivity contribution >= 4 is 11.8 Å². The molecule has 0 aromatic heterocycles. The maximum Gasteiger partial charge on any atom is 0.225 e. The molecule has 5 nitrogen and oxygen atoms in total. The van der Waals surface area contributed by atoms with Crippen molar-refractivity contribution in [2.45, 2.75) is 50.5 Å². The van der Waals surface area contributed by atoms with E-state index in [1.807, 2.05) is 15.9 Å². The highest BCUT2D eigenvalue weighted by Crippen LogP contribution is 2.37. The van der Waals surface area contributed by atoms with Gasteiger partial charge in [0.1, 0.15) is 0 Å². The Morgan fingerprint density at radius 2 is 2.04 bits per heavy atom. The maximum atomic E-state index is 12.9. The fraction of sp³-hybridized carbons (Fsp3) is 0.778. The van der Waals surface area contributed by atoms with Crippen LogP contribution in [0.25, 0.3) is 0 Å². The summed E-state index contributed by atoms with van der Waals surface area (Å²) < 4.78 is 5.38. The standard InChI is InChI=1S/C18H28N2O3/c1-2-10-20-16(21)5-3-8-18(20)9-4-11-19(14-18)17(22)15-6-12-23-13-7-15/h2,15H,1,3-14H2/t18-/m0/s1. The van der Waals surface area contributed by atoms with Crippen molar-refractivity contribution in [3.63, 3.8) is 0 Å². The second-order valence-electron chi connectivity index (χ2n) is 7.12. The Morgan fingerprint density at radius 3 is 2.78 bits per heavy atom. The molecule has 3 fully saturated rings. The first-order valence-corrected chi connectivity index (χ1v) is 8.94. The van der Waals surface area contributed by atoms with E-state index in [1.165, 1.54) is 0 Å². The van der Waals surface area contributed by atoms with Gasteiger partial charge in [0, 0.05) is 45.2 Å². The number of nitrogens with zero attached hydrogens (tertiary/aromatic N) is 2. The van der Waals surface area contributed by atoms with Crippen molar-refractivity contribution in [2.24, 2.45) is 5.92 Å². The number of carbonyl (C=O) groups is 2. The van der Waals surface area contributed by atoms with Crippen molar-refractivity contribution in [3.05, 3.63) is 12.7 Å². The first-order chi connectivity index (χ1) is 11.2. The van der Waals surface area contributed by atoms with Gasteiger partial charge in [-0.3, -0.25) is 9.59 Å². The third-order valence-electron chi connectivity index (χ3n) is 5.66. The molecule has 5 heteroatoms. The van der Waals surface area contributed by atoms with Crippen molar-refractivity contribution in [1.29, 1.82) is 0 Å². The van der Waals surface area contributed by atoms with Gasteiger partial charge in [0.2, 0.25) is 11.8 Å². The molecule has 0 unspecified atom stereocenters. The van der Waals surface area contributed by atoms with Gasteiger partial charge < -0.3 is 14.5 Å². The molecule has 1 spiro atoms. The second kappa shape index (κ2) is 7.04. The fourth-order valence-electron chi connectivity index (χ4n) is 4.46. The van der Waals surface area contributed by atoms with E-state index in [-0.39, 0.29) is 23.3 Å². The van der Waals surface area contributed by atoms with Crippen LogP contribution in [-0.4, -0.2) is 60.0 Å². The lowest BCUT2D eigenvalue weighted by Gasteiger charge is -2.52. The van der Waals surface area contributed by atoms with Crippen LogP contribution in [0.4, 0.5) is 0 Å². The van der Waals surface area contributed by atoms with Gasteiger partial charge in [0.05, 0.1) is 5.54 Å². The van der Waals surface area contributed by atoms with Crippen molar-refractivity contribution in [1.82, 2.24) is 9.80 Å². The summed E-state index contributed by atoms with van der Waals surface area (Å²) in [6.45, 7) is 7.31. The molecule has 0 aromatic rings. The first kappa shape index (κ1) is 16.5. The first-order valence-electron chi connectivity index (χ1n) is 8.94. The Bertz CT molecular complexity index is 469. The highest BCUT2D eigenvalue weighted by molar-refractivity contribution is 5.80. The van der Waals surface area contributed by atoms with Crippen molar-refractivity contribution in [3.8, 4) is 0 Å². The third kappa shape index (κ3) is 3.30. The average molecular weight is 320 g/mol. The molecular formula is C18H28N2O3. The lowest BCUT2D eigenvalue weighted by Crippen LogP contribution is -2.63. The van der Waals surface area contributed by atoms with Gasteiger partial charge in [0.15, 0.2) is 0 Å². The van der Waals surface area contributed by atoms with Crippen LogP contribution in [-0.2, 0) is 14.3 Å². The Morgan fingerprint density at radius 1 is 1.30 bits per heavy atom. The molecule has 2 amide bonds. The molecule has 0 aromatic carbocycles. The lowest BCUT2D eigenvalue weighted by molar-refractivity contribution is -0.152. The summed E-state index contributed by atoms with van der Waals surface area (Å²) in [6, 6.07) is 0. The molecule has 0 saturated carbocycles. The lowest BCUT2D eigenvalue weighted by atomic mass is 9.79. The zero-order chi connectivity index (χ0) is 16.3. The summed E-state index contributed by atoms with van der Waals surface area (Å²) in [4.78, 5) is 29.3. The largest absolute Gasteiger partial charge is 0.381 e. The van der Waals surface area contributed by atoms with Crippen LogP contribution in [0.2, 0.25) is 0 Å². The van der Waals surface area contributed by atoms with Gasteiger partial charge in [-0.2, -0.15) is 0 Å². The molecular weight excluding hydrogens is 292 g/mol. The second-order valence-corrected chi connectivity index (χ2v) is 7.12. The molecule has 23 heavy (non-hydrogen) atoms. The molecule has 0 N–H and O–H groups in total. The van der Waals surface area contributed by atoms with Gasteiger partial charge in [-0.1, -0.05) is 6.08 Å². The predicted molar refractivity (Wildman–Crippen MR) is 87.8 cm³/mol. The topological polar surface area (TPSA) is 49.9 Å². The number of piperidine rings is 2. The van der Waals surface area contributed by atoms with E-state index in [0.29, 0.717) is 32.7 Å². The van der Waals surface area contributed by atoms with Gasteiger partial charge in [-0.25, -0.2) is 0 Å². The summed E-state index contributed by atoms with van der Waals surface area (Å²) in [5.74, 6) is 0.589. The minimum atomic E-state index is -0.164. The van der Waals surface area contributed by atoms with Crippen molar-refractivity contribution < 1.29 is 14.3 Å². The van der Waals surface area contributed by atoms with Crippen LogP contribution in [0, 0.1) is 5.92 Å². The van der Waals surface area contributed by atoms with Crippen LogP contribution in [0.15, 0.2) is 12.7 Å². The van der Waals surface area contributed by atoms with Crippen LogP contribution in [0.5, 0.6) is 0 Å². The van der Waals surface area contributed by atoms with E-state index in [0.717, 1.165) is 45.1 Å². The molecule has 0 bridgehead atoms. The number of carbonyl (C=O) groups excluding carboxylic acids is 2. The average Bonchev–Trinajstić information content (AvgIpc) is 2.59. The summed E-state index contributed by atoms with van der Waals surface area (Å²) in [5, 5.41) is 0. The zero-order valence-electron chi connectivity index (χ0n) is 14.0. The van der Waals surface area contributed by atoms with E-state index in [1.54, 1.807) is 0 Å². The molecule has 3 aliphatic heterocycles. The Balaban J connectivity index is 1.74. The maximum absolute atomic E-state index is 12.9. The molecule has 128 valence electrons.